The Balaban J connectivity index is 2.54. The Morgan fingerprint density at radius 1 is 1.17 bits per heavy atom. The fourth-order valence-electron chi connectivity index (χ4n) is 2.92. The van der Waals surface area contributed by atoms with Crippen LogP contribution in [0.1, 0.15) is 27.9 Å². The van der Waals surface area contributed by atoms with Crippen molar-refractivity contribution in [3.8, 4) is 17.5 Å². The van der Waals surface area contributed by atoms with Gasteiger partial charge in [-0.2, -0.15) is 5.26 Å². The molecule has 5 nitrogen and oxygen atoms in total. The smallest absolute Gasteiger partial charge is 0.147 e. The zero-order valence-corrected chi connectivity index (χ0v) is 13.6. The monoisotopic (exact) mass is 306 g/mol. The molecule has 0 aliphatic carbocycles. The number of nitrogens with zero attached hydrogens (tertiary/aromatic N) is 3. The summed E-state index contributed by atoms with van der Waals surface area (Å²) in [7, 11) is 0. The van der Waals surface area contributed by atoms with E-state index < -0.39 is 0 Å². The number of aryl methyl sites for hydroxylation is 3. The molecule has 0 unspecified atom stereocenters. The highest BCUT2D eigenvalue weighted by Crippen LogP contribution is 2.35. The lowest BCUT2D eigenvalue weighted by Gasteiger charge is -2.15. The van der Waals surface area contributed by atoms with Gasteiger partial charge in [-0.1, -0.05) is 6.07 Å². The first kappa shape index (κ1) is 14.9. The maximum atomic E-state index is 10.1. The van der Waals surface area contributed by atoms with E-state index in [4.69, 9.17) is 5.73 Å². The third-order valence-electron chi connectivity index (χ3n) is 4.36. The van der Waals surface area contributed by atoms with E-state index in [9.17, 15) is 10.4 Å². The maximum absolute atomic E-state index is 10.1. The van der Waals surface area contributed by atoms with Crippen LogP contribution in [0.2, 0.25) is 0 Å². The zero-order valence-electron chi connectivity index (χ0n) is 13.6. The molecule has 0 bridgehead atoms. The summed E-state index contributed by atoms with van der Waals surface area (Å²) in [6, 6.07) is 7.61. The van der Waals surface area contributed by atoms with Crippen LogP contribution in [-0.4, -0.2) is 14.7 Å². The van der Waals surface area contributed by atoms with E-state index in [2.05, 4.69) is 11.1 Å². The molecule has 0 spiro atoms. The third kappa shape index (κ3) is 2.03. The lowest BCUT2D eigenvalue weighted by molar-refractivity contribution is 0.470. The topological polar surface area (TPSA) is 87.9 Å². The summed E-state index contributed by atoms with van der Waals surface area (Å²) < 4.78 is 1.77. The number of nitrogens with two attached hydrogens (primary N) is 1. The molecule has 0 saturated heterocycles. The lowest BCUT2D eigenvalue weighted by Crippen LogP contribution is -2.06. The van der Waals surface area contributed by atoms with Gasteiger partial charge in [0, 0.05) is 16.6 Å². The van der Waals surface area contributed by atoms with Gasteiger partial charge in [-0.05, 0) is 51.0 Å². The molecule has 1 aromatic carbocycles. The molecule has 0 aliphatic rings. The Bertz CT molecular complexity index is 993. The van der Waals surface area contributed by atoms with Crippen molar-refractivity contribution in [2.45, 2.75) is 27.7 Å². The average molecular weight is 306 g/mol. The van der Waals surface area contributed by atoms with Gasteiger partial charge in [0.25, 0.3) is 0 Å². The van der Waals surface area contributed by atoms with Gasteiger partial charge >= 0.3 is 0 Å². The second-order valence-corrected chi connectivity index (χ2v) is 5.84. The minimum Gasteiger partial charge on any atom is -0.508 e. The summed E-state index contributed by atoms with van der Waals surface area (Å²) in [5.74, 6) is 0.533. The van der Waals surface area contributed by atoms with E-state index in [-0.39, 0.29) is 5.75 Å². The van der Waals surface area contributed by atoms with Crippen molar-refractivity contribution in [3.63, 3.8) is 0 Å². The largest absolute Gasteiger partial charge is 0.508 e. The number of hydrogen-bond acceptors (Lipinski definition) is 4. The standard InChI is InChI=1S/C18H18N4O/c1-9-5-6-15(23)11(3)16(9)22-17(20)14(8-19)13-7-10(2)12(4)21-18(13)22/h5-7,23H,20H2,1-4H3. The van der Waals surface area contributed by atoms with Crippen molar-refractivity contribution >= 4 is 16.9 Å². The van der Waals surface area contributed by atoms with E-state index in [1.807, 2.05) is 39.8 Å². The highest BCUT2D eigenvalue weighted by atomic mass is 16.3. The number of phenols is 1. The van der Waals surface area contributed by atoms with E-state index >= 15 is 0 Å². The number of phenolic OH excluding ortho intramolecular Hbond substituents is 1. The summed E-state index contributed by atoms with van der Waals surface area (Å²) >= 11 is 0. The summed E-state index contributed by atoms with van der Waals surface area (Å²) in [4.78, 5) is 4.64. The molecule has 5 heteroatoms. The molecule has 3 N–H and O–H groups in total. The molecule has 2 heterocycles. The average Bonchev–Trinajstić information content (AvgIpc) is 2.76. The van der Waals surface area contributed by atoms with Crippen LogP contribution in [0.25, 0.3) is 16.7 Å². The molecule has 0 amide bonds. The summed E-state index contributed by atoms with van der Waals surface area (Å²) in [6.07, 6.45) is 0. The number of anilines is 1. The minimum absolute atomic E-state index is 0.189. The van der Waals surface area contributed by atoms with E-state index in [0.717, 1.165) is 27.9 Å². The fourth-order valence-corrected chi connectivity index (χ4v) is 2.92. The summed E-state index contributed by atoms with van der Waals surface area (Å²) in [5, 5.41) is 20.3. The first-order valence-electron chi connectivity index (χ1n) is 7.34. The van der Waals surface area contributed by atoms with Gasteiger partial charge in [0.1, 0.15) is 28.8 Å². The molecular formula is C18H18N4O. The van der Waals surface area contributed by atoms with Gasteiger partial charge < -0.3 is 10.8 Å². The van der Waals surface area contributed by atoms with Crippen LogP contribution in [0.3, 0.4) is 0 Å². The van der Waals surface area contributed by atoms with Crippen LogP contribution >= 0.6 is 0 Å². The van der Waals surface area contributed by atoms with Gasteiger partial charge in [0.05, 0.1) is 5.69 Å². The Labute approximate surface area is 134 Å². The van der Waals surface area contributed by atoms with Crippen molar-refractivity contribution in [3.05, 3.63) is 46.1 Å². The molecule has 0 radical (unpaired) electrons. The molecule has 0 saturated carbocycles. The number of rotatable bonds is 1. The van der Waals surface area contributed by atoms with Crippen LogP contribution in [0.4, 0.5) is 5.82 Å². The van der Waals surface area contributed by atoms with Crippen LogP contribution in [-0.2, 0) is 0 Å². The summed E-state index contributed by atoms with van der Waals surface area (Å²) in [6.45, 7) is 7.66. The Morgan fingerprint density at radius 2 is 1.87 bits per heavy atom. The predicted molar refractivity (Wildman–Crippen MR) is 90.8 cm³/mol. The molecule has 0 atom stereocenters. The van der Waals surface area contributed by atoms with Gasteiger partial charge in [-0.3, -0.25) is 4.57 Å². The van der Waals surface area contributed by atoms with Crippen molar-refractivity contribution in [2.75, 3.05) is 5.73 Å². The van der Waals surface area contributed by atoms with Crippen molar-refractivity contribution in [2.24, 2.45) is 0 Å². The SMILES string of the molecule is Cc1cc2c(C#N)c(N)n(-c3c(C)ccc(O)c3C)c2nc1C. The second-order valence-electron chi connectivity index (χ2n) is 5.84. The number of benzene rings is 1. The van der Waals surface area contributed by atoms with E-state index in [1.165, 1.54) is 0 Å². The second kappa shape index (κ2) is 5.03. The molecule has 116 valence electrons. The number of nitrogen functional groups attached to an aromatic ring is 1. The number of fused-ring (bicyclic) bond motifs is 1. The van der Waals surface area contributed by atoms with Gasteiger partial charge in [0.2, 0.25) is 0 Å². The summed E-state index contributed by atoms with van der Waals surface area (Å²) in [5.41, 5.74) is 11.6. The number of hydrogen-bond donors (Lipinski definition) is 2. The molecule has 3 rings (SSSR count). The van der Waals surface area contributed by atoms with E-state index in [1.54, 1.807) is 10.6 Å². The normalized spacial score (nSPS) is 10.9. The Morgan fingerprint density at radius 3 is 2.52 bits per heavy atom. The first-order chi connectivity index (χ1) is 10.9. The highest BCUT2D eigenvalue weighted by Gasteiger charge is 2.21. The highest BCUT2D eigenvalue weighted by molar-refractivity contribution is 5.92. The van der Waals surface area contributed by atoms with Crippen molar-refractivity contribution in [1.82, 2.24) is 9.55 Å². The minimum atomic E-state index is 0.189. The van der Waals surface area contributed by atoms with E-state index in [0.29, 0.717) is 22.6 Å². The molecule has 0 fully saturated rings. The molecule has 2 aromatic heterocycles. The predicted octanol–water partition coefficient (Wildman–Crippen LogP) is 3.42. The van der Waals surface area contributed by atoms with Gasteiger partial charge in [-0.15, -0.1) is 0 Å². The quantitative estimate of drug-likeness (QED) is 0.721. The van der Waals surface area contributed by atoms with Gasteiger partial charge in [-0.25, -0.2) is 4.98 Å². The van der Waals surface area contributed by atoms with Crippen LogP contribution in [0.15, 0.2) is 18.2 Å². The van der Waals surface area contributed by atoms with Crippen molar-refractivity contribution < 1.29 is 5.11 Å². The van der Waals surface area contributed by atoms with Crippen LogP contribution in [0, 0.1) is 39.0 Å². The van der Waals surface area contributed by atoms with Crippen LogP contribution in [0.5, 0.6) is 5.75 Å². The zero-order chi connectivity index (χ0) is 16.9. The number of aromatic nitrogens is 2. The third-order valence-corrected chi connectivity index (χ3v) is 4.36. The number of pyridine rings is 1. The maximum Gasteiger partial charge on any atom is 0.147 e. The number of aromatic hydroxyl groups is 1. The fraction of sp³-hybridized carbons (Fsp3) is 0.222. The molecule has 3 aromatic rings. The first-order valence-corrected chi connectivity index (χ1v) is 7.34. The van der Waals surface area contributed by atoms with Crippen LogP contribution < -0.4 is 5.73 Å². The molecule has 0 aliphatic heterocycles. The van der Waals surface area contributed by atoms with Gasteiger partial charge in [0.15, 0.2) is 0 Å². The molecule has 23 heavy (non-hydrogen) atoms. The number of nitriles is 1. The Kier molecular flexibility index (Phi) is 3.26. The lowest BCUT2D eigenvalue weighted by atomic mass is 10.1. The molecular weight excluding hydrogens is 288 g/mol. The van der Waals surface area contributed by atoms with Crippen molar-refractivity contribution in [1.29, 1.82) is 5.26 Å². The Hall–Kier alpha value is -3.00.